The van der Waals surface area contributed by atoms with Crippen LogP contribution in [-0.4, -0.2) is 21.0 Å². The molecule has 70 valence electrons. The fourth-order valence-corrected chi connectivity index (χ4v) is 1.08. The Morgan fingerprint density at radius 3 is 3.15 bits per heavy atom. The van der Waals surface area contributed by atoms with Crippen LogP contribution in [0.1, 0.15) is 20.3 Å². The van der Waals surface area contributed by atoms with Crippen molar-refractivity contribution in [2.45, 2.75) is 32.9 Å². The number of hydrogen-bond acceptors (Lipinski definition) is 3. The lowest BCUT2D eigenvalue weighted by Crippen LogP contribution is -2.17. The molecule has 0 fully saturated rings. The third kappa shape index (κ3) is 2.48. The van der Waals surface area contributed by atoms with E-state index in [9.17, 15) is 0 Å². The van der Waals surface area contributed by atoms with Crippen molar-refractivity contribution in [1.29, 1.82) is 0 Å². The molecule has 0 saturated carbocycles. The minimum atomic E-state index is 0.258. The van der Waals surface area contributed by atoms with E-state index in [4.69, 9.17) is 6.42 Å². The highest BCUT2D eigenvalue weighted by Gasteiger charge is 2.04. The van der Waals surface area contributed by atoms with E-state index < -0.39 is 0 Å². The van der Waals surface area contributed by atoms with E-state index in [-0.39, 0.29) is 6.04 Å². The molecule has 0 aromatic carbocycles. The lowest BCUT2D eigenvalue weighted by Gasteiger charge is -2.11. The first kappa shape index (κ1) is 9.59. The predicted molar refractivity (Wildman–Crippen MR) is 52.2 cm³/mol. The van der Waals surface area contributed by atoms with Crippen molar-refractivity contribution in [1.82, 2.24) is 15.0 Å². The van der Waals surface area contributed by atoms with Crippen LogP contribution in [0.5, 0.6) is 0 Å². The molecule has 1 unspecified atom stereocenters. The van der Waals surface area contributed by atoms with Crippen LogP contribution in [0.2, 0.25) is 0 Å². The summed E-state index contributed by atoms with van der Waals surface area (Å²) >= 11 is 0. The summed E-state index contributed by atoms with van der Waals surface area (Å²) < 4.78 is 1.80. The van der Waals surface area contributed by atoms with Crippen molar-refractivity contribution in [3.05, 3.63) is 6.20 Å². The number of rotatable bonds is 4. The van der Waals surface area contributed by atoms with Crippen LogP contribution >= 0.6 is 0 Å². The van der Waals surface area contributed by atoms with Gasteiger partial charge in [0.25, 0.3) is 0 Å². The molecule has 4 heteroatoms. The highest BCUT2D eigenvalue weighted by atomic mass is 15.4. The monoisotopic (exact) mass is 178 g/mol. The minimum absolute atomic E-state index is 0.258. The molecule has 0 bridgehead atoms. The number of terminal acetylenes is 1. The van der Waals surface area contributed by atoms with Crippen LogP contribution in [0.3, 0.4) is 0 Å². The highest BCUT2D eigenvalue weighted by molar-refractivity contribution is 5.32. The van der Waals surface area contributed by atoms with Crippen LogP contribution in [0.4, 0.5) is 5.82 Å². The standard InChI is InChI=1S/C9H14N4/c1-4-6-8(3)11-9-7-10-12-13(9)5-2/h1,7-8,11H,5-6H2,2-3H3. The molecule has 13 heavy (non-hydrogen) atoms. The van der Waals surface area contributed by atoms with Crippen LogP contribution in [-0.2, 0) is 6.54 Å². The molecule has 0 aliphatic carbocycles. The highest BCUT2D eigenvalue weighted by Crippen LogP contribution is 2.06. The second kappa shape index (κ2) is 4.51. The summed E-state index contributed by atoms with van der Waals surface area (Å²) in [4.78, 5) is 0. The average Bonchev–Trinajstić information content (AvgIpc) is 2.52. The Morgan fingerprint density at radius 1 is 1.77 bits per heavy atom. The summed E-state index contributed by atoms with van der Waals surface area (Å²) in [6, 6.07) is 0.258. The summed E-state index contributed by atoms with van der Waals surface area (Å²) in [5, 5.41) is 10.9. The topological polar surface area (TPSA) is 42.7 Å². The number of hydrogen-bond donors (Lipinski definition) is 1. The van der Waals surface area contributed by atoms with Gasteiger partial charge >= 0.3 is 0 Å². The van der Waals surface area contributed by atoms with E-state index in [1.165, 1.54) is 0 Å². The maximum atomic E-state index is 5.20. The van der Waals surface area contributed by atoms with E-state index >= 15 is 0 Å². The molecule has 0 aliphatic heterocycles. The smallest absolute Gasteiger partial charge is 0.145 e. The summed E-state index contributed by atoms with van der Waals surface area (Å²) in [6.07, 6.45) is 7.61. The van der Waals surface area contributed by atoms with Gasteiger partial charge in [-0.1, -0.05) is 5.21 Å². The van der Waals surface area contributed by atoms with Crippen LogP contribution in [0, 0.1) is 12.3 Å². The molecule has 0 radical (unpaired) electrons. The molecule has 1 atom stereocenters. The van der Waals surface area contributed by atoms with Crippen molar-refractivity contribution in [3.8, 4) is 12.3 Å². The summed E-state index contributed by atoms with van der Waals surface area (Å²) in [5.41, 5.74) is 0. The van der Waals surface area contributed by atoms with Gasteiger partial charge in [0.05, 0.1) is 6.20 Å². The first-order chi connectivity index (χ1) is 6.27. The fourth-order valence-electron chi connectivity index (χ4n) is 1.08. The molecule has 0 saturated heterocycles. The molecule has 4 nitrogen and oxygen atoms in total. The second-order valence-electron chi connectivity index (χ2n) is 2.89. The summed E-state index contributed by atoms with van der Waals surface area (Å²) in [7, 11) is 0. The molecular weight excluding hydrogens is 164 g/mol. The van der Waals surface area contributed by atoms with Crippen molar-refractivity contribution < 1.29 is 0 Å². The van der Waals surface area contributed by atoms with E-state index in [0.717, 1.165) is 12.4 Å². The van der Waals surface area contributed by atoms with Gasteiger partial charge in [0.1, 0.15) is 5.82 Å². The molecule has 1 aromatic rings. The normalized spacial score (nSPS) is 12.1. The molecule has 1 N–H and O–H groups in total. The Balaban J connectivity index is 2.58. The zero-order valence-corrected chi connectivity index (χ0v) is 7.99. The summed E-state index contributed by atoms with van der Waals surface area (Å²) in [6.45, 7) is 4.86. The zero-order chi connectivity index (χ0) is 9.68. The molecule has 1 heterocycles. The van der Waals surface area contributed by atoms with Gasteiger partial charge in [0.2, 0.25) is 0 Å². The Labute approximate surface area is 78.3 Å². The maximum Gasteiger partial charge on any atom is 0.145 e. The van der Waals surface area contributed by atoms with Crippen LogP contribution < -0.4 is 5.32 Å². The molecule has 0 spiro atoms. The first-order valence-corrected chi connectivity index (χ1v) is 4.36. The van der Waals surface area contributed by atoms with E-state index in [1.807, 2.05) is 13.8 Å². The van der Waals surface area contributed by atoms with Gasteiger partial charge in [0.15, 0.2) is 0 Å². The summed E-state index contributed by atoms with van der Waals surface area (Å²) in [5.74, 6) is 3.53. The number of nitrogens with one attached hydrogen (secondary N) is 1. The maximum absolute atomic E-state index is 5.20. The van der Waals surface area contributed by atoms with Gasteiger partial charge < -0.3 is 5.32 Å². The van der Waals surface area contributed by atoms with E-state index in [1.54, 1.807) is 10.9 Å². The third-order valence-electron chi connectivity index (χ3n) is 1.74. The second-order valence-corrected chi connectivity index (χ2v) is 2.89. The number of anilines is 1. The van der Waals surface area contributed by atoms with Gasteiger partial charge in [-0.3, -0.25) is 0 Å². The van der Waals surface area contributed by atoms with Gasteiger partial charge in [-0.05, 0) is 13.8 Å². The van der Waals surface area contributed by atoms with Crippen LogP contribution in [0.15, 0.2) is 6.20 Å². The molecule has 1 aromatic heterocycles. The lowest BCUT2D eigenvalue weighted by atomic mass is 10.2. The van der Waals surface area contributed by atoms with Gasteiger partial charge in [0, 0.05) is 19.0 Å². The largest absolute Gasteiger partial charge is 0.366 e. The minimum Gasteiger partial charge on any atom is -0.366 e. The van der Waals surface area contributed by atoms with E-state index in [2.05, 4.69) is 21.5 Å². The Hall–Kier alpha value is -1.50. The first-order valence-electron chi connectivity index (χ1n) is 4.36. The van der Waals surface area contributed by atoms with Crippen molar-refractivity contribution in [2.75, 3.05) is 5.32 Å². The van der Waals surface area contributed by atoms with Gasteiger partial charge in [-0.15, -0.1) is 17.4 Å². The molecular formula is C9H14N4. The molecule has 1 rings (SSSR count). The predicted octanol–water partition coefficient (Wildman–Crippen LogP) is 1.12. The van der Waals surface area contributed by atoms with Crippen molar-refractivity contribution in [2.24, 2.45) is 0 Å². The van der Waals surface area contributed by atoms with E-state index in [0.29, 0.717) is 6.42 Å². The lowest BCUT2D eigenvalue weighted by molar-refractivity contribution is 0.625. The number of nitrogens with zero attached hydrogens (tertiary/aromatic N) is 3. The Kier molecular flexibility index (Phi) is 3.32. The molecule has 0 aliphatic rings. The third-order valence-corrected chi connectivity index (χ3v) is 1.74. The Morgan fingerprint density at radius 2 is 2.54 bits per heavy atom. The SMILES string of the molecule is C#CCC(C)Nc1cnnn1CC. The average molecular weight is 178 g/mol. The van der Waals surface area contributed by atoms with Gasteiger partial charge in [-0.2, -0.15) is 0 Å². The quantitative estimate of drug-likeness (QED) is 0.703. The number of aryl methyl sites for hydroxylation is 1. The van der Waals surface area contributed by atoms with Crippen molar-refractivity contribution in [3.63, 3.8) is 0 Å². The van der Waals surface area contributed by atoms with Gasteiger partial charge in [-0.25, -0.2) is 4.68 Å². The zero-order valence-electron chi connectivity index (χ0n) is 7.99. The number of aromatic nitrogens is 3. The Bertz CT molecular complexity index is 297. The van der Waals surface area contributed by atoms with Crippen LogP contribution in [0.25, 0.3) is 0 Å². The molecule has 0 amide bonds. The fraction of sp³-hybridized carbons (Fsp3) is 0.556. The van der Waals surface area contributed by atoms with Crippen molar-refractivity contribution >= 4 is 5.82 Å².